The Bertz CT molecular complexity index is 464. The highest BCUT2D eigenvalue weighted by Gasteiger charge is 2.24. The van der Waals surface area contributed by atoms with Crippen LogP contribution in [0.25, 0.3) is 0 Å². The molecule has 1 rings (SSSR count). The SMILES string of the molecule is CCCNC(Cc1ccc([N+](=O)[O-])cc1C)C(C)(C)C. The van der Waals surface area contributed by atoms with E-state index in [-0.39, 0.29) is 16.0 Å². The molecular weight excluding hydrogens is 252 g/mol. The number of aryl methyl sites for hydroxylation is 1. The van der Waals surface area contributed by atoms with Gasteiger partial charge in [-0.3, -0.25) is 10.1 Å². The van der Waals surface area contributed by atoms with Crippen LogP contribution in [-0.2, 0) is 6.42 Å². The van der Waals surface area contributed by atoms with Crippen molar-refractivity contribution in [1.82, 2.24) is 5.32 Å². The lowest BCUT2D eigenvalue weighted by Gasteiger charge is -2.32. The van der Waals surface area contributed by atoms with Crippen molar-refractivity contribution >= 4 is 5.69 Å². The monoisotopic (exact) mass is 278 g/mol. The van der Waals surface area contributed by atoms with Crippen LogP contribution in [-0.4, -0.2) is 17.5 Å². The Kier molecular flexibility index (Phi) is 5.69. The standard InChI is InChI=1S/C16H26N2O2/c1-6-9-17-15(16(3,4)5)11-13-7-8-14(18(19)20)10-12(13)2/h7-8,10,15,17H,6,9,11H2,1-5H3. The average Bonchev–Trinajstić information content (AvgIpc) is 2.34. The van der Waals surface area contributed by atoms with Crippen LogP contribution < -0.4 is 5.32 Å². The quantitative estimate of drug-likeness (QED) is 0.635. The smallest absolute Gasteiger partial charge is 0.269 e. The fourth-order valence-electron chi connectivity index (χ4n) is 2.25. The normalized spacial score (nSPS) is 13.2. The van der Waals surface area contributed by atoms with Gasteiger partial charge in [0.2, 0.25) is 0 Å². The largest absolute Gasteiger partial charge is 0.313 e. The third-order valence-electron chi connectivity index (χ3n) is 3.65. The topological polar surface area (TPSA) is 55.2 Å². The summed E-state index contributed by atoms with van der Waals surface area (Å²) in [7, 11) is 0. The van der Waals surface area contributed by atoms with Gasteiger partial charge in [0.1, 0.15) is 0 Å². The van der Waals surface area contributed by atoms with E-state index in [9.17, 15) is 10.1 Å². The molecule has 1 unspecified atom stereocenters. The number of hydrogen-bond acceptors (Lipinski definition) is 3. The molecule has 1 aromatic carbocycles. The number of nitrogens with one attached hydrogen (secondary N) is 1. The summed E-state index contributed by atoms with van der Waals surface area (Å²) in [6.07, 6.45) is 2.00. The molecule has 4 heteroatoms. The summed E-state index contributed by atoms with van der Waals surface area (Å²) < 4.78 is 0. The molecule has 0 radical (unpaired) electrons. The van der Waals surface area contributed by atoms with Gasteiger partial charge in [0, 0.05) is 18.2 Å². The molecule has 0 bridgehead atoms. The molecule has 0 spiro atoms. The van der Waals surface area contributed by atoms with E-state index in [4.69, 9.17) is 0 Å². The summed E-state index contributed by atoms with van der Waals surface area (Å²) in [4.78, 5) is 10.4. The molecule has 0 amide bonds. The summed E-state index contributed by atoms with van der Waals surface area (Å²) >= 11 is 0. The number of hydrogen-bond donors (Lipinski definition) is 1. The number of benzene rings is 1. The molecule has 1 aromatic rings. The van der Waals surface area contributed by atoms with Crippen LogP contribution in [0.4, 0.5) is 5.69 Å². The highest BCUT2D eigenvalue weighted by atomic mass is 16.6. The van der Waals surface area contributed by atoms with E-state index in [1.165, 1.54) is 5.56 Å². The van der Waals surface area contributed by atoms with E-state index < -0.39 is 0 Å². The Hall–Kier alpha value is -1.42. The van der Waals surface area contributed by atoms with Gasteiger partial charge in [-0.15, -0.1) is 0 Å². The summed E-state index contributed by atoms with van der Waals surface area (Å²) in [5.41, 5.74) is 2.49. The molecule has 0 aromatic heterocycles. The second-order valence-corrected chi connectivity index (χ2v) is 6.44. The Morgan fingerprint density at radius 1 is 1.35 bits per heavy atom. The Morgan fingerprint density at radius 2 is 2.00 bits per heavy atom. The molecule has 0 heterocycles. The summed E-state index contributed by atoms with van der Waals surface area (Å²) in [5.74, 6) is 0. The molecule has 0 aliphatic carbocycles. The van der Waals surface area contributed by atoms with Gasteiger partial charge in [-0.2, -0.15) is 0 Å². The minimum Gasteiger partial charge on any atom is -0.313 e. The molecule has 0 saturated heterocycles. The lowest BCUT2D eigenvalue weighted by atomic mass is 9.82. The van der Waals surface area contributed by atoms with Crippen LogP contribution in [0.5, 0.6) is 0 Å². The fourth-order valence-corrected chi connectivity index (χ4v) is 2.25. The average molecular weight is 278 g/mol. The van der Waals surface area contributed by atoms with Crippen molar-refractivity contribution in [2.24, 2.45) is 5.41 Å². The predicted molar refractivity (Wildman–Crippen MR) is 83.1 cm³/mol. The number of rotatable bonds is 6. The van der Waals surface area contributed by atoms with E-state index in [1.807, 2.05) is 13.0 Å². The van der Waals surface area contributed by atoms with Crippen molar-refractivity contribution in [2.75, 3.05) is 6.54 Å². The second-order valence-electron chi connectivity index (χ2n) is 6.44. The molecule has 0 aliphatic heterocycles. The third kappa shape index (κ3) is 4.60. The van der Waals surface area contributed by atoms with Crippen LogP contribution in [0, 0.1) is 22.5 Å². The van der Waals surface area contributed by atoms with E-state index in [0.717, 1.165) is 24.9 Å². The molecule has 0 fully saturated rings. The second kappa shape index (κ2) is 6.84. The molecule has 4 nitrogen and oxygen atoms in total. The third-order valence-corrected chi connectivity index (χ3v) is 3.65. The number of non-ortho nitro benzene ring substituents is 1. The van der Waals surface area contributed by atoms with Gasteiger partial charge in [0.05, 0.1) is 4.92 Å². The molecular formula is C16H26N2O2. The first-order valence-electron chi connectivity index (χ1n) is 7.23. The first-order chi connectivity index (χ1) is 9.25. The van der Waals surface area contributed by atoms with Gasteiger partial charge in [0.15, 0.2) is 0 Å². The predicted octanol–water partition coefficient (Wildman–Crippen LogP) is 3.86. The van der Waals surface area contributed by atoms with Crippen molar-refractivity contribution in [1.29, 1.82) is 0 Å². The van der Waals surface area contributed by atoms with E-state index in [0.29, 0.717) is 6.04 Å². The van der Waals surface area contributed by atoms with Crippen molar-refractivity contribution in [3.8, 4) is 0 Å². The van der Waals surface area contributed by atoms with Crippen LogP contribution in [0.1, 0.15) is 45.2 Å². The molecule has 1 N–H and O–H groups in total. The first kappa shape index (κ1) is 16.6. The Labute approximate surface area is 121 Å². The van der Waals surface area contributed by atoms with Crippen LogP contribution in [0.2, 0.25) is 0 Å². The van der Waals surface area contributed by atoms with Gasteiger partial charge in [-0.05, 0) is 42.9 Å². The highest BCUT2D eigenvalue weighted by molar-refractivity contribution is 5.39. The van der Waals surface area contributed by atoms with Crippen molar-refractivity contribution < 1.29 is 4.92 Å². The number of nitro benzene ring substituents is 1. The van der Waals surface area contributed by atoms with Crippen LogP contribution >= 0.6 is 0 Å². The first-order valence-corrected chi connectivity index (χ1v) is 7.23. The van der Waals surface area contributed by atoms with Crippen LogP contribution in [0.15, 0.2) is 18.2 Å². The van der Waals surface area contributed by atoms with Crippen molar-refractivity contribution in [3.05, 3.63) is 39.4 Å². The molecule has 20 heavy (non-hydrogen) atoms. The van der Waals surface area contributed by atoms with E-state index >= 15 is 0 Å². The highest BCUT2D eigenvalue weighted by Crippen LogP contribution is 2.25. The maximum absolute atomic E-state index is 10.8. The molecule has 1 atom stereocenters. The van der Waals surface area contributed by atoms with E-state index in [2.05, 4.69) is 33.0 Å². The molecule has 0 saturated carbocycles. The van der Waals surface area contributed by atoms with Gasteiger partial charge in [-0.25, -0.2) is 0 Å². The zero-order valence-electron chi connectivity index (χ0n) is 13.2. The maximum atomic E-state index is 10.8. The maximum Gasteiger partial charge on any atom is 0.269 e. The number of nitrogens with zero attached hydrogens (tertiary/aromatic N) is 1. The Morgan fingerprint density at radius 3 is 2.45 bits per heavy atom. The van der Waals surface area contributed by atoms with Crippen molar-refractivity contribution in [3.63, 3.8) is 0 Å². The zero-order chi connectivity index (χ0) is 15.3. The minimum atomic E-state index is -0.340. The van der Waals surface area contributed by atoms with E-state index in [1.54, 1.807) is 12.1 Å². The lowest BCUT2D eigenvalue weighted by Crippen LogP contribution is -2.42. The molecule has 112 valence electrons. The lowest BCUT2D eigenvalue weighted by molar-refractivity contribution is -0.384. The van der Waals surface area contributed by atoms with Gasteiger partial charge >= 0.3 is 0 Å². The van der Waals surface area contributed by atoms with Gasteiger partial charge < -0.3 is 5.32 Å². The van der Waals surface area contributed by atoms with Gasteiger partial charge in [-0.1, -0.05) is 33.8 Å². The fraction of sp³-hybridized carbons (Fsp3) is 0.625. The summed E-state index contributed by atoms with van der Waals surface area (Å²) in [6.45, 7) is 11.8. The summed E-state index contributed by atoms with van der Waals surface area (Å²) in [6, 6.07) is 5.51. The van der Waals surface area contributed by atoms with Gasteiger partial charge in [0.25, 0.3) is 5.69 Å². The number of nitro groups is 1. The summed E-state index contributed by atoms with van der Waals surface area (Å²) in [5, 5.41) is 14.4. The minimum absolute atomic E-state index is 0.156. The Balaban J connectivity index is 2.91. The zero-order valence-corrected chi connectivity index (χ0v) is 13.2. The van der Waals surface area contributed by atoms with Crippen molar-refractivity contribution in [2.45, 2.75) is 53.5 Å². The molecule has 0 aliphatic rings. The van der Waals surface area contributed by atoms with Crippen LogP contribution in [0.3, 0.4) is 0 Å².